The van der Waals surface area contributed by atoms with E-state index in [1.165, 1.54) is 6.07 Å². The average Bonchev–Trinajstić information content (AvgIpc) is 3.03. The Morgan fingerprint density at radius 2 is 2.04 bits per heavy atom. The number of rotatable bonds is 5. The molecule has 0 aliphatic heterocycles. The van der Waals surface area contributed by atoms with E-state index in [0.29, 0.717) is 24.2 Å². The zero-order chi connectivity index (χ0) is 16.9. The van der Waals surface area contributed by atoms with Gasteiger partial charge >= 0.3 is 0 Å². The van der Waals surface area contributed by atoms with Gasteiger partial charge in [-0.1, -0.05) is 18.2 Å². The van der Waals surface area contributed by atoms with E-state index in [1.807, 2.05) is 36.5 Å². The van der Waals surface area contributed by atoms with E-state index in [0.717, 1.165) is 11.3 Å². The molecule has 2 heterocycles. The van der Waals surface area contributed by atoms with Crippen LogP contribution in [-0.4, -0.2) is 27.2 Å². The van der Waals surface area contributed by atoms with Gasteiger partial charge in [0, 0.05) is 30.1 Å². The summed E-state index contributed by atoms with van der Waals surface area (Å²) in [6.07, 6.45) is 4.40. The second kappa shape index (κ2) is 6.95. The molecule has 0 aliphatic rings. The van der Waals surface area contributed by atoms with Gasteiger partial charge in [-0.3, -0.25) is 9.59 Å². The minimum Gasteiger partial charge on any atom is -0.352 e. The van der Waals surface area contributed by atoms with Gasteiger partial charge in [0.1, 0.15) is 0 Å². The summed E-state index contributed by atoms with van der Waals surface area (Å²) < 4.78 is 1.80. The molecule has 0 saturated heterocycles. The number of aryl methyl sites for hydroxylation is 1. The molecule has 1 aromatic carbocycles. The van der Waals surface area contributed by atoms with Crippen LogP contribution in [0.1, 0.15) is 21.6 Å². The maximum Gasteiger partial charge on any atom is 0.251 e. The number of H-pyrrole nitrogens is 1. The van der Waals surface area contributed by atoms with Crippen molar-refractivity contribution >= 4 is 5.91 Å². The molecule has 0 fully saturated rings. The number of amides is 1. The van der Waals surface area contributed by atoms with Crippen LogP contribution in [0.5, 0.6) is 0 Å². The maximum atomic E-state index is 12.1. The third-order valence-electron chi connectivity index (χ3n) is 3.60. The Labute approximate surface area is 139 Å². The lowest BCUT2D eigenvalue weighted by Crippen LogP contribution is -2.27. The van der Waals surface area contributed by atoms with Crippen molar-refractivity contribution in [1.82, 2.24) is 20.1 Å². The number of aromatic nitrogens is 3. The topological polar surface area (TPSA) is 79.8 Å². The molecule has 0 spiro atoms. The van der Waals surface area contributed by atoms with Crippen molar-refractivity contribution < 1.29 is 4.79 Å². The molecule has 0 unspecified atom stereocenters. The number of hydrogen-bond acceptors (Lipinski definition) is 3. The summed E-state index contributed by atoms with van der Waals surface area (Å²) in [6.45, 7) is 2.22. The third kappa shape index (κ3) is 3.78. The number of pyridine rings is 1. The third-order valence-corrected chi connectivity index (χ3v) is 3.60. The van der Waals surface area contributed by atoms with Crippen molar-refractivity contribution in [1.29, 1.82) is 0 Å². The van der Waals surface area contributed by atoms with Crippen LogP contribution in [0, 0.1) is 6.92 Å². The Morgan fingerprint density at radius 3 is 2.79 bits per heavy atom. The molecule has 6 nitrogen and oxygen atoms in total. The highest BCUT2D eigenvalue weighted by molar-refractivity contribution is 5.94. The Balaban J connectivity index is 1.58. The van der Waals surface area contributed by atoms with E-state index in [-0.39, 0.29) is 11.5 Å². The molecular formula is C18H18N4O2. The molecule has 24 heavy (non-hydrogen) atoms. The van der Waals surface area contributed by atoms with Crippen LogP contribution in [0.4, 0.5) is 0 Å². The van der Waals surface area contributed by atoms with Crippen LogP contribution in [0.15, 0.2) is 59.7 Å². The Bertz CT molecular complexity index is 897. The summed E-state index contributed by atoms with van der Waals surface area (Å²) >= 11 is 0. The summed E-state index contributed by atoms with van der Waals surface area (Å²) in [7, 11) is 0. The van der Waals surface area contributed by atoms with Crippen LogP contribution >= 0.6 is 0 Å². The fraction of sp³-hybridized carbons (Fsp3) is 0.167. The molecule has 0 atom stereocenters. The number of nitrogens with one attached hydrogen (secondary N) is 2. The van der Waals surface area contributed by atoms with Gasteiger partial charge in [-0.25, -0.2) is 4.68 Å². The van der Waals surface area contributed by atoms with E-state index >= 15 is 0 Å². The lowest BCUT2D eigenvalue weighted by atomic mass is 10.2. The lowest BCUT2D eigenvalue weighted by molar-refractivity contribution is 0.0954. The van der Waals surface area contributed by atoms with Gasteiger partial charge < -0.3 is 10.3 Å². The average molecular weight is 322 g/mol. The van der Waals surface area contributed by atoms with Crippen molar-refractivity contribution in [2.45, 2.75) is 13.3 Å². The van der Waals surface area contributed by atoms with Crippen molar-refractivity contribution in [3.8, 4) is 5.69 Å². The summed E-state index contributed by atoms with van der Waals surface area (Å²) in [5, 5.41) is 7.15. The summed E-state index contributed by atoms with van der Waals surface area (Å²) in [6, 6.07) is 12.8. The smallest absolute Gasteiger partial charge is 0.251 e. The summed E-state index contributed by atoms with van der Waals surface area (Å²) in [5.74, 6) is -0.250. The Morgan fingerprint density at radius 1 is 1.25 bits per heavy atom. The Hall–Kier alpha value is -3.15. The predicted molar refractivity (Wildman–Crippen MR) is 91.4 cm³/mol. The number of hydrogen-bond donors (Lipinski definition) is 2. The van der Waals surface area contributed by atoms with E-state index < -0.39 is 0 Å². The first-order chi connectivity index (χ1) is 11.6. The van der Waals surface area contributed by atoms with Gasteiger partial charge in [-0.2, -0.15) is 5.10 Å². The van der Waals surface area contributed by atoms with Crippen molar-refractivity contribution in [2.24, 2.45) is 0 Å². The van der Waals surface area contributed by atoms with Crippen LogP contribution in [-0.2, 0) is 6.42 Å². The van der Waals surface area contributed by atoms with Gasteiger partial charge in [-0.15, -0.1) is 0 Å². The minimum absolute atomic E-state index is 0.250. The number of carbonyl (C=O) groups is 1. The standard InChI is InChI=1S/C18H18N4O2/c1-13-9-15(10-17(23)21-13)18(24)19-8-7-14-11-20-22(12-14)16-5-3-2-4-6-16/h2-6,9-12H,7-8H2,1H3,(H,19,24)(H,21,23). The fourth-order valence-electron chi connectivity index (χ4n) is 2.45. The molecular weight excluding hydrogens is 304 g/mol. The monoisotopic (exact) mass is 322 g/mol. The van der Waals surface area contributed by atoms with Crippen LogP contribution in [0.2, 0.25) is 0 Å². The number of carbonyl (C=O) groups excluding carboxylic acids is 1. The molecule has 2 N–H and O–H groups in total. The van der Waals surface area contributed by atoms with Crippen LogP contribution in [0.25, 0.3) is 5.69 Å². The number of benzene rings is 1. The summed E-state index contributed by atoms with van der Waals surface area (Å²) in [4.78, 5) is 26.1. The van der Waals surface area contributed by atoms with Gasteiger partial charge in [0.05, 0.1) is 11.9 Å². The highest BCUT2D eigenvalue weighted by Gasteiger charge is 2.07. The first-order valence-corrected chi connectivity index (χ1v) is 7.70. The van der Waals surface area contributed by atoms with E-state index in [1.54, 1.807) is 23.9 Å². The summed E-state index contributed by atoms with van der Waals surface area (Å²) in [5.41, 5.74) is 2.78. The van der Waals surface area contributed by atoms with Gasteiger partial charge in [0.2, 0.25) is 5.56 Å². The van der Waals surface area contributed by atoms with E-state index in [9.17, 15) is 9.59 Å². The normalized spacial score (nSPS) is 10.5. The second-order valence-corrected chi connectivity index (χ2v) is 5.55. The highest BCUT2D eigenvalue weighted by Crippen LogP contribution is 2.08. The van der Waals surface area contributed by atoms with Crippen molar-refractivity contribution in [3.05, 3.63) is 82.0 Å². The second-order valence-electron chi connectivity index (χ2n) is 5.55. The molecule has 3 rings (SSSR count). The molecule has 0 saturated carbocycles. The molecule has 122 valence electrons. The molecule has 0 bridgehead atoms. The van der Waals surface area contributed by atoms with Gasteiger partial charge in [0.15, 0.2) is 0 Å². The zero-order valence-electron chi connectivity index (χ0n) is 13.3. The molecule has 0 aliphatic carbocycles. The van der Waals surface area contributed by atoms with Gasteiger partial charge in [-0.05, 0) is 37.1 Å². The SMILES string of the molecule is Cc1cc(C(=O)NCCc2cnn(-c3ccccc3)c2)cc(=O)[nH]1. The predicted octanol–water partition coefficient (Wildman–Crippen LogP) is 1.84. The fourth-order valence-corrected chi connectivity index (χ4v) is 2.45. The Kier molecular flexibility index (Phi) is 4.56. The van der Waals surface area contributed by atoms with Crippen molar-refractivity contribution in [3.63, 3.8) is 0 Å². The quantitative estimate of drug-likeness (QED) is 0.752. The molecule has 3 aromatic rings. The largest absolute Gasteiger partial charge is 0.352 e. The first-order valence-electron chi connectivity index (χ1n) is 7.70. The molecule has 6 heteroatoms. The molecule has 1 amide bonds. The zero-order valence-corrected chi connectivity index (χ0v) is 13.3. The number of nitrogens with zero attached hydrogens (tertiary/aromatic N) is 2. The van der Waals surface area contributed by atoms with Crippen LogP contribution in [0.3, 0.4) is 0 Å². The van der Waals surface area contributed by atoms with Gasteiger partial charge in [0.25, 0.3) is 5.91 Å². The molecule has 0 radical (unpaired) electrons. The number of aromatic amines is 1. The van der Waals surface area contributed by atoms with E-state index in [2.05, 4.69) is 15.4 Å². The van der Waals surface area contributed by atoms with Crippen molar-refractivity contribution in [2.75, 3.05) is 6.54 Å². The van der Waals surface area contributed by atoms with Crippen LogP contribution < -0.4 is 10.9 Å². The lowest BCUT2D eigenvalue weighted by Gasteiger charge is -2.04. The minimum atomic E-state index is -0.274. The number of para-hydroxylation sites is 1. The maximum absolute atomic E-state index is 12.1. The first kappa shape index (κ1) is 15.7. The molecule has 2 aromatic heterocycles. The van der Waals surface area contributed by atoms with E-state index in [4.69, 9.17) is 0 Å². The highest BCUT2D eigenvalue weighted by atomic mass is 16.2.